The Morgan fingerprint density at radius 1 is 0.889 bits per heavy atom. The van der Waals surface area contributed by atoms with E-state index in [4.69, 9.17) is 0 Å². The lowest BCUT2D eigenvalue weighted by molar-refractivity contribution is -0.114. The molecule has 3 rings (SSSR count). The Balaban J connectivity index is 1.80. The first kappa shape index (κ1) is 18.1. The van der Waals surface area contributed by atoms with Crippen molar-refractivity contribution in [1.29, 1.82) is 0 Å². The van der Waals surface area contributed by atoms with Crippen LogP contribution in [0.3, 0.4) is 0 Å². The largest absolute Gasteiger partial charge is 0.326 e. The Labute approximate surface area is 156 Å². The maximum atomic E-state index is 12.7. The molecule has 6 nitrogen and oxygen atoms in total. The topological polar surface area (TPSA) is 80.2 Å². The molecular formula is C21H19N3O3. The SMILES string of the molecule is CC(=O)Nc1cccc(NC(=O)c2cccn(Cc3ccccc3)c2=O)c1. The highest BCUT2D eigenvalue weighted by Gasteiger charge is 2.13. The third kappa shape index (κ3) is 4.70. The third-order valence-corrected chi connectivity index (χ3v) is 3.90. The number of pyridine rings is 1. The maximum absolute atomic E-state index is 12.7. The highest BCUT2D eigenvalue weighted by atomic mass is 16.2. The van der Waals surface area contributed by atoms with Crippen LogP contribution in [0.4, 0.5) is 11.4 Å². The van der Waals surface area contributed by atoms with E-state index in [1.807, 2.05) is 30.3 Å². The molecule has 0 unspecified atom stereocenters. The summed E-state index contributed by atoms with van der Waals surface area (Å²) in [6, 6.07) is 19.5. The zero-order valence-corrected chi connectivity index (χ0v) is 14.8. The first-order valence-corrected chi connectivity index (χ1v) is 8.45. The van der Waals surface area contributed by atoms with Gasteiger partial charge in [0.05, 0.1) is 6.54 Å². The molecule has 0 aliphatic rings. The molecule has 0 bridgehead atoms. The van der Waals surface area contributed by atoms with E-state index in [1.165, 1.54) is 17.6 Å². The molecular weight excluding hydrogens is 342 g/mol. The molecule has 2 amide bonds. The standard InChI is InChI=1S/C21H19N3O3/c1-15(25)22-17-9-5-10-18(13-17)23-20(26)19-11-6-12-24(21(19)27)14-16-7-3-2-4-8-16/h2-13H,14H2,1H3,(H,22,25)(H,23,26). The molecule has 0 atom stereocenters. The second kappa shape index (κ2) is 8.14. The van der Waals surface area contributed by atoms with E-state index in [9.17, 15) is 14.4 Å². The summed E-state index contributed by atoms with van der Waals surface area (Å²) in [5, 5.41) is 5.35. The Bertz CT molecular complexity index is 1030. The number of rotatable bonds is 5. The molecule has 0 aliphatic heterocycles. The van der Waals surface area contributed by atoms with Gasteiger partial charge in [-0.2, -0.15) is 0 Å². The summed E-state index contributed by atoms with van der Waals surface area (Å²) in [6.07, 6.45) is 1.66. The number of carbonyl (C=O) groups excluding carboxylic acids is 2. The van der Waals surface area contributed by atoms with Gasteiger partial charge in [0.25, 0.3) is 11.5 Å². The Hall–Kier alpha value is -3.67. The van der Waals surface area contributed by atoms with E-state index in [0.717, 1.165) is 5.56 Å². The molecule has 6 heteroatoms. The predicted molar refractivity (Wildman–Crippen MR) is 105 cm³/mol. The molecule has 27 heavy (non-hydrogen) atoms. The van der Waals surface area contributed by atoms with Gasteiger partial charge in [-0.3, -0.25) is 14.4 Å². The molecule has 0 radical (unpaired) electrons. The average molecular weight is 361 g/mol. The van der Waals surface area contributed by atoms with Crippen LogP contribution in [0.2, 0.25) is 0 Å². The van der Waals surface area contributed by atoms with Gasteiger partial charge in [0.2, 0.25) is 5.91 Å². The van der Waals surface area contributed by atoms with Crippen LogP contribution < -0.4 is 16.2 Å². The summed E-state index contributed by atoms with van der Waals surface area (Å²) < 4.78 is 1.50. The highest BCUT2D eigenvalue weighted by molar-refractivity contribution is 6.04. The molecule has 2 aromatic carbocycles. The fourth-order valence-corrected chi connectivity index (χ4v) is 2.69. The van der Waals surface area contributed by atoms with Gasteiger partial charge >= 0.3 is 0 Å². The number of amides is 2. The van der Waals surface area contributed by atoms with Crippen molar-refractivity contribution in [2.24, 2.45) is 0 Å². The molecule has 0 spiro atoms. The molecule has 0 saturated carbocycles. The van der Waals surface area contributed by atoms with Crippen LogP contribution in [0.15, 0.2) is 77.7 Å². The lowest BCUT2D eigenvalue weighted by Gasteiger charge is -2.10. The number of benzene rings is 2. The summed E-state index contributed by atoms with van der Waals surface area (Å²) in [6.45, 7) is 1.79. The van der Waals surface area contributed by atoms with Crippen LogP contribution in [0.5, 0.6) is 0 Å². The smallest absolute Gasteiger partial charge is 0.263 e. The fraction of sp³-hybridized carbons (Fsp3) is 0.0952. The number of hydrogen-bond donors (Lipinski definition) is 2. The molecule has 1 aromatic heterocycles. The normalized spacial score (nSPS) is 10.3. The summed E-state index contributed by atoms with van der Waals surface area (Å²) in [5.41, 5.74) is 1.72. The number of hydrogen-bond acceptors (Lipinski definition) is 3. The van der Waals surface area contributed by atoms with Crippen LogP contribution in [-0.4, -0.2) is 16.4 Å². The second-order valence-corrected chi connectivity index (χ2v) is 6.06. The second-order valence-electron chi connectivity index (χ2n) is 6.06. The minimum atomic E-state index is -0.498. The van der Waals surface area contributed by atoms with Gasteiger partial charge < -0.3 is 15.2 Å². The van der Waals surface area contributed by atoms with Crippen LogP contribution in [0.25, 0.3) is 0 Å². The number of anilines is 2. The van der Waals surface area contributed by atoms with Crippen LogP contribution in [0, 0.1) is 0 Å². The third-order valence-electron chi connectivity index (χ3n) is 3.90. The number of nitrogens with one attached hydrogen (secondary N) is 2. The molecule has 136 valence electrons. The van der Waals surface area contributed by atoms with Crippen LogP contribution in [-0.2, 0) is 11.3 Å². The van der Waals surface area contributed by atoms with E-state index >= 15 is 0 Å². The van der Waals surface area contributed by atoms with Crippen LogP contribution in [0.1, 0.15) is 22.8 Å². The van der Waals surface area contributed by atoms with Gasteiger partial charge in [0, 0.05) is 24.5 Å². The van der Waals surface area contributed by atoms with Gasteiger partial charge in [-0.15, -0.1) is 0 Å². The van der Waals surface area contributed by atoms with Gasteiger partial charge in [-0.25, -0.2) is 0 Å². The van der Waals surface area contributed by atoms with Crippen LogP contribution >= 0.6 is 0 Å². The quantitative estimate of drug-likeness (QED) is 0.733. The Kier molecular flexibility index (Phi) is 5.47. The number of carbonyl (C=O) groups is 2. The minimum absolute atomic E-state index is 0.0540. The van der Waals surface area contributed by atoms with Crippen molar-refractivity contribution in [2.45, 2.75) is 13.5 Å². The van der Waals surface area contributed by atoms with Gasteiger partial charge in [-0.05, 0) is 35.9 Å². The Morgan fingerprint density at radius 2 is 1.59 bits per heavy atom. The summed E-state index contributed by atoms with van der Waals surface area (Å²) in [5.74, 6) is -0.701. The van der Waals surface area contributed by atoms with Crippen molar-refractivity contribution in [3.8, 4) is 0 Å². The van der Waals surface area contributed by atoms with Crippen molar-refractivity contribution in [3.63, 3.8) is 0 Å². The molecule has 0 aliphatic carbocycles. The summed E-state index contributed by atoms with van der Waals surface area (Å²) >= 11 is 0. The first-order valence-electron chi connectivity index (χ1n) is 8.45. The van der Waals surface area contributed by atoms with Gasteiger partial charge in [0.1, 0.15) is 5.56 Å². The van der Waals surface area contributed by atoms with E-state index in [2.05, 4.69) is 10.6 Å². The van der Waals surface area contributed by atoms with Crippen molar-refractivity contribution in [1.82, 2.24) is 4.57 Å². The molecule has 1 heterocycles. The van der Waals surface area contributed by atoms with Crippen molar-refractivity contribution < 1.29 is 9.59 Å². The molecule has 0 saturated heterocycles. The molecule has 2 N–H and O–H groups in total. The first-order chi connectivity index (χ1) is 13.0. The van der Waals surface area contributed by atoms with E-state index in [0.29, 0.717) is 17.9 Å². The fourth-order valence-electron chi connectivity index (χ4n) is 2.69. The van der Waals surface area contributed by atoms with Gasteiger partial charge in [-0.1, -0.05) is 36.4 Å². The molecule has 3 aromatic rings. The summed E-state index contributed by atoms with van der Waals surface area (Å²) in [7, 11) is 0. The monoisotopic (exact) mass is 361 g/mol. The highest BCUT2D eigenvalue weighted by Crippen LogP contribution is 2.15. The van der Waals surface area contributed by atoms with Gasteiger partial charge in [0.15, 0.2) is 0 Å². The van der Waals surface area contributed by atoms with E-state index in [-0.39, 0.29) is 17.0 Å². The lowest BCUT2D eigenvalue weighted by Crippen LogP contribution is -2.29. The van der Waals surface area contributed by atoms with E-state index in [1.54, 1.807) is 36.5 Å². The minimum Gasteiger partial charge on any atom is -0.326 e. The summed E-state index contributed by atoms with van der Waals surface area (Å²) in [4.78, 5) is 36.4. The zero-order chi connectivity index (χ0) is 19.2. The lowest BCUT2D eigenvalue weighted by atomic mass is 10.2. The molecule has 0 fully saturated rings. The average Bonchev–Trinajstić information content (AvgIpc) is 2.64. The Morgan fingerprint density at radius 3 is 2.30 bits per heavy atom. The predicted octanol–water partition coefficient (Wildman–Crippen LogP) is 3.11. The van der Waals surface area contributed by atoms with Crippen molar-refractivity contribution >= 4 is 23.2 Å². The number of nitrogens with zero attached hydrogens (tertiary/aromatic N) is 1. The zero-order valence-electron chi connectivity index (χ0n) is 14.8. The maximum Gasteiger partial charge on any atom is 0.263 e. The number of aromatic nitrogens is 1. The van der Waals surface area contributed by atoms with Crippen molar-refractivity contribution in [2.75, 3.05) is 10.6 Å². The van der Waals surface area contributed by atoms with Crippen molar-refractivity contribution in [3.05, 3.63) is 94.4 Å². The van der Waals surface area contributed by atoms with E-state index < -0.39 is 5.91 Å².